The standard InChI is InChI=1S/C26H25Cl2N3O5/c1-35-25(34)19(30-21-12-22(32)26(21)5-8-36-9-6-26)11-15-2-3-20-16(10-15)4-7-31(20)24(33)23-17(27)13-29-14-18(23)28/h2-3,10,13-14,19H,4-9,11-12H2,1H3. The van der Waals surface area contributed by atoms with E-state index in [0.717, 1.165) is 22.5 Å². The predicted octanol–water partition coefficient (Wildman–Crippen LogP) is 3.89. The molecule has 3 aliphatic rings. The zero-order valence-corrected chi connectivity index (χ0v) is 21.3. The Kier molecular flexibility index (Phi) is 6.85. The van der Waals surface area contributed by atoms with Gasteiger partial charge in [0, 0.05) is 56.4 Å². The minimum atomic E-state index is -0.746. The molecule has 1 saturated heterocycles. The van der Waals surface area contributed by atoms with E-state index in [1.807, 2.05) is 18.2 Å². The molecule has 36 heavy (non-hydrogen) atoms. The number of benzene rings is 1. The van der Waals surface area contributed by atoms with Crippen molar-refractivity contribution in [3.05, 3.63) is 57.3 Å². The van der Waals surface area contributed by atoms with Crippen LogP contribution in [0.2, 0.25) is 10.0 Å². The number of rotatable bonds is 5. The molecule has 1 aromatic carbocycles. The fourth-order valence-corrected chi connectivity index (χ4v) is 5.80. The van der Waals surface area contributed by atoms with Gasteiger partial charge in [-0.2, -0.15) is 0 Å². The molecule has 3 heterocycles. The number of Topliss-reactive ketones (excluding diaryl/α,β-unsaturated/α-hetero) is 1. The maximum atomic E-state index is 13.2. The van der Waals surface area contributed by atoms with Crippen molar-refractivity contribution in [2.45, 2.75) is 38.1 Å². The highest BCUT2D eigenvalue weighted by Crippen LogP contribution is 2.44. The second-order valence-corrected chi connectivity index (χ2v) is 10.1. The first-order valence-corrected chi connectivity index (χ1v) is 12.6. The number of methoxy groups -OCH3 is 1. The molecule has 5 rings (SSSR count). The van der Waals surface area contributed by atoms with Crippen molar-refractivity contribution in [3.8, 4) is 0 Å². The van der Waals surface area contributed by atoms with E-state index in [9.17, 15) is 14.4 Å². The highest BCUT2D eigenvalue weighted by atomic mass is 35.5. The van der Waals surface area contributed by atoms with Crippen LogP contribution in [-0.2, 0) is 31.9 Å². The van der Waals surface area contributed by atoms with Crippen LogP contribution >= 0.6 is 23.2 Å². The number of hydrogen-bond donors (Lipinski definition) is 0. The smallest absolute Gasteiger partial charge is 0.330 e. The number of pyridine rings is 1. The van der Waals surface area contributed by atoms with E-state index in [0.29, 0.717) is 45.4 Å². The lowest BCUT2D eigenvalue weighted by molar-refractivity contribution is -0.142. The Morgan fingerprint density at radius 2 is 1.94 bits per heavy atom. The number of amides is 1. The molecule has 1 atom stereocenters. The maximum absolute atomic E-state index is 13.2. The van der Waals surface area contributed by atoms with Crippen LogP contribution in [0, 0.1) is 5.41 Å². The van der Waals surface area contributed by atoms with Gasteiger partial charge in [-0.05, 0) is 36.5 Å². The van der Waals surface area contributed by atoms with Gasteiger partial charge in [-0.25, -0.2) is 4.79 Å². The molecule has 188 valence electrons. The molecule has 1 aromatic heterocycles. The average Bonchev–Trinajstić information content (AvgIpc) is 3.31. The molecule has 2 fully saturated rings. The maximum Gasteiger partial charge on any atom is 0.330 e. The fourth-order valence-electron chi connectivity index (χ4n) is 5.27. The Balaban J connectivity index is 1.38. The van der Waals surface area contributed by atoms with Gasteiger partial charge in [0.2, 0.25) is 0 Å². The lowest BCUT2D eigenvalue weighted by Gasteiger charge is -2.44. The molecule has 1 spiro atoms. The number of hydrogen-bond acceptors (Lipinski definition) is 7. The van der Waals surface area contributed by atoms with Crippen LogP contribution in [0.1, 0.15) is 40.7 Å². The summed E-state index contributed by atoms with van der Waals surface area (Å²) in [7, 11) is 1.34. The first-order valence-electron chi connectivity index (χ1n) is 11.8. The third-order valence-corrected chi connectivity index (χ3v) is 7.90. The van der Waals surface area contributed by atoms with Crippen LogP contribution in [0.3, 0.4) is 0 Å². The van der Waals surface area contributed by atoms with Crippen LogP contribution in [0.5, 0.6) is 0 Å². The molecule has 1 unspecified atom stereocenters. The predicted molar refractivity (Wildman–Crippen MR) is 135 cm³/mol. The number of esters is 1. The van der Waals surface area contributed by atoms with Crippen molar-refractivity contribution >= 4 is 52.3 Å². The summed E-state index contributed by atoms with van der Waals surface area (Å²) in [5.41, 5.74) is 3.07. The number of nitrogens with zero attached hydrogens (tertiary/aromatic N) is 3. The second kappa shape index (κ2) is 9.92. The Labute approximate surface area is 218 Å². The first-order chi connectivity index (χ1) is 17.3. The van der Waals surface area contributed by atoms with Crippen molar-refractivity contribution in [1.82, 2.24) is 4.98 Å². The first kappa shape index (κ1) is 24.9. The Morgan fingerprint density at radius 3 is 2.61 bits per heavy atom. The summed E-state index contributed by atoms with van der Waals surface area (Å²) < 4.78 is 10.5. The van der Waals surface area contributed by atoms with Gasteiger partial charge in [-0.15, -0.1) is 0 Å². The van der Waals surface area contributed by atoms with Crippen molar-refractivity contribution < 1.29 is 23.9 Å². The summed E-state index contributed by atoms with van der Waals surface area (Å²) in [6.45, 7) is 1.52. The average molecular weight is 530 g/mol. The summed E-state index contributed by atoms with van der Waals surface area (Å²) in [6, 6.07) is 4.99. The zero-order chi connectivity index (χ0) is 25.4. The summed E-state index contributed by atoms with van der Waals surface area (Å²) in [5.74, 6) is -0.553. The number of carbonyl (C=O) groups is 3. The Bertz CT molecular complexity index is 1250. The van der Waals surface area contributed by atoms with Crippen molar-refractivity contribution in [2.24, 2.45) is 10.4 Å². The van der Waals surface area contributed by atoms with Gasteiger partial charge < -0.3 is 14.4 Å². The number of ketones is 1. The molecule has 1 saturated carbocycles. The number of halogens is 2. The number of aliphatic imine (C=N–C) groups is 1. The molecule has 10 heteroatoms. The lowest BCUT2D eigenvalue weighted by Crippen LogP contribution is -2.54. The molecular formula is C26H25Cl2N3O5. The van der Waals surface area contributed by atoms with E-state index in [-0.39, 0.29) is 33.7 Å². The summed E-state index contributed by atoms with van der Waals surface area (Å²) >= 11 is 12.4. The van der Waals surface area contributed by atoms with E-state index in [2.05, 4.69) is 4.98 Å². The minimum absolute atomic E-state index is 0.171. The third kappa shape index (κ3) is 4.31. The van der Waals surface area contributed by atoms with Gasteiger partial charge in [0.15, 0.2) is 6.04 Å². The molecule has 8 nitrogen and oxygen atoms in total. The SMILES string of the molecule is COC(=O)C(Cc1ccc2c(c1)CCN2C(=O)c1c(Cl)cncc1Cl)N=C1CC(=O)C12CCOCC2. The number of ether oxygens (including phenoxy) is 2. The summed E-state index contributed by atoms with van der Waals surface area (Å²) in [5, 5.41) is 0.406. The van der Waals surface area contributed by atoms with Gasteiger partial charge in [-0.1, -0.05) is 35.3 Å². The lowest BCUT2D eigenvalue weighted by atomic mass is 9.61. The number of anilines is 1. The normalized spacial score (nSPS) is 20.2. The fraction of sp³-hybridized carbons (Fsp3) is 0.423. The topological polar surface area (TPSA) is 98.2 Å². The Morgan fingerprint density at radius 1 is 1.22 bits per heavy atom. The summed E-state index contributed by atoms with van der Waals surface area (Å²) in [6.07, 6.45) is 5.27. The number of aromatic nitrogens is 1. The summed E-state index contributed by atoms with van der Waals surface area (Å²) in [4.78, 5) is 48.6. The van der Waals surface area contributed by atoms with Crippen LogP contribution in [0.15, 0.2) is 35.6 Å². The van der Waals surface area contributed by atoms with E-state index < -0.39 is 17.4 Å². The second-order valence-electron chi connectivity index (χ2n) is 9.26. The minimum Gasteiger partial charge on any atom is -0.467 e. The van der Waals surface area contributed by atoms with E-state index >= 15 is 0 Å². The molecular weight excluding hydrogens is 505 g/mol. The van der Waals surface area contributed by atoms with Gasteiger partial charge in [0.05, 0.1) is 28.1 Å². The molecule has 0 radical (unpaired) electrons. The van der Waals surface area contributed by atoms with E-state index in [4.69, 9.17) is 37.7 Å². The van der Waals surface area contributed by atoms with Crippen LogP contribution in [-0.4, -0.2) is 61.3 Å². The van der Waals surface area contributed by atoms with Crippen molar-refractivity contribution in [1.29, 1.82) is 0 Å². The van der Waals surface area contributed by atoms with Gasteiger partial charge in [0.25, 0.3) is 5.91 Å². The molecule has 1 aliphatic carbocycles. The van der Waals surface area contributed by atoms with Crippen LogP contribution in [0.25, 0.3) is 0 Å². The van der Waals surface area contributed by atoms with Gasteiger partial charge in [-0.3, -0.25) is 19.6 Å². The van der Waals surface area contributed by atoms with E-state index in [1.165, 1.54) is 19.5 Å². The molecule has 0 bridgehead atoms. The number of carbonyl (C=O) groups excluding carboxylic acids is 3. The molecule has 0 N–H and O–H groups in total. The van der Waals surface area contributed by atoms with E-state index in [1.54, 1.807) is 4.90 Å². The van der Waals surface area contributed by atoms with Crippen LogP contribution in [0.4, 0.5) is 5.69 Å². The Hall–Kier alpha value is -2.81. The van der Waals surface area contributed by atoms with Crippen molar-refractivity contribution in [3.63, 3.8) is 0 Å². The number of fused-ring (bicyclic) bond motifs is 1. The van der Waals surface area contributed by atoms with Gasteiger partial charge >= 0.3 is 5.97 Å². The highest BCUT2D eigenvalue weighted by Gasteiger charge is 2.53. The third-order valence-electron chi connectivity index (χ3n) is 7.33. The van der Waals surface area contributed by atoms with Crippen molar-refractivity contribution in [2.75, 3.05) is 31.8 Å². The highest BCUT2D eigenvalue weighted by molar-refractivity contribution is 6.40. The van der Waals surface area contributed by atoms with Gasteiger partial charge in [0.1, 0.15) is 5.78 Å². The molecule has 2 aromatic rings. The van der Waals surface area contributed by atoms with Crippen LogP contribution < -0.4 is 4.90 Å². The molecule has 1 amide bonds. The largest absolute Gasteiger partial charge is 0.467 e. The zero-order valence-electron chi connectivity index (χ0n) is 19.8. The monoisotopic (exact) mass is 529 g/mol. The quantitative estimate of drug-likeness (QED) is 0.545. The molecule has 2 aliphatic heterocycles.